The SMILES string of the molecule is NC(N)=N/N=C1/C(=O)C(c2ccccc2)(c2ccccc2)c2ccccc21. The maximum absolute atomic E-state index is 13.8. The topological polar surface area (TPSA) is 93.8 Å². The second-order valence-corrected chi connectivity index (χ2v) is 6.33. The van der Waals surface area contributed by atoms with E-state index in [1.807, 2.05) is 84.9 Å². The first-order chi connectivity index (χ1) is 13.2. The molecule has 0 heterocycles. The van der Waals surface area contributed by atoms with Crippen molar-refractivity contribution in [2.45, 2.75) is 5.41 Å². The largest absolute Gasteiger partial charge is 0.369 e. The quantitative estimate of drug-likeness (QED) is 0.430. The lowest BCUT2D eigenvalue weighted by atomic mass is 9.69. The maximum atomic E-state index is 13.8. The molecule has 0 bridgehead atoms. The van der Waals surface area contributed by atoms with Gasteiger partial charge in [-0.2, -0.15) is 0 Å². The van der Waals surface area contributed by atoms with Crippen LogP contribution in [0.2, 0.25) is 0 Å². The van der Waals surface area contributed by atoms with Gasteiger partial charge in [0.2, 0.25) is 11.7 Å². The number of fused-ring (bicyclic) bond motifs is 1. The molecule has 1 aliphatic rings. The van der Waals surface area contributed by atoms with Gasteiger partial charge >= 0.3 is 0 Å². The molecular formula is C22H18N4O. The minimum absolute atomic E-state index is 0.147. The Kier molecular flexibility index (Phi) is 4.05. The van der Waals surface area contributed by atoms with Gasteiger partial charge in [-0.15, -0.1) is 10.2 Å². The zero-order valence-corrected chi connectivity index (χ0v) is 14.5. The molecule has 0 unspecified atom stereocenters. The van der Waals surface area contributed by atoms with Crippen molar-refractivity contribution in [2.24, 2.45) is 21.7 Å². The normalized spacial score (nSPS) is 16.1. The second-order valence-electron chi connectivity index (χ2n) is 6.33. The first-order valence-electron chi connectivity index (χ1n) is 8.58. The summed E-state index contributed by atoms with van der Waals surface area (Å²) in [6, 6.07) is 27.1. The van der Waals surface area contributed by atoms with E-state index in [0.717, 1.165) is 22.3 Å². The third-order valence-corrected chi connectivity index (χ3v) is 4.82. The number of nitrogens with zero attached hydrogens (tertiary/aromatic N) is 2. The molecule has 4 N–H and O–H groups in total. The standard InChI is InChI=1S/C22H18N4O/c23-21(24)26-25-19-17-13-7-8-14-18(17)22(20(19)27,15-9-3-1-4-10-15)16-11-5-2-6-12-16/h1-14H,(H4,23,24,26)/b25-19+. The van der Waals surface area contributed by atoms with Gasteiger partial charge in [-0.1, -0.05) is 84.9 Å². The van der Waals surface area contributed by atoms with E-state index >= 15 is 0 Å². The van der Waals surface area contributed by atoms with Crippen LogP contribution in [-0.4, -0.2) is 17.5 Å². The number of hydrogen-bond donors (Lipinski definition) is 2. The highest BCUT2D eigenvalue weighted by Crippen LogP contribution is 2.46. The summed E-state index contributed by atoms with van der Waals surface area (Å²) in [4.78, 5) is 13.8. The fraction of sp³-hybridized carbons (Fsp3) is 0.0455. The third kappa shape index (κ3) is 2.52. The van der Waals surface area contributed by atoms with Crippen molar-refractivity contribution >= 4 is 17.5 Å². The van der Waals surface area contributed by atoms with Gasteiger partial charge in [0.25, 0.3) is 0 Å². The molecule has 0 radical (unpaired) electrons. The van der Waals surface area contributed by atoms with Crippen LogP contribution >= 0.6 is 0 Å². The third-order valence-electron chi connectivity index (χ3n) is 4.82. The molecule has 4 rings (SSSR count). The molecular weight excluding hydrogens is 336 g/mol. The predicted molar refractivity (Wildman–Crippen MR) is 107 cm³/mol. The van der Waals surface area contributed by atoms with Crippen molar-refractivity contribution in [1.29, 1.82) is 0 Å². The van der Waals surface area contributed by atoms with E-state index in [2.05, 4.69) is 10.2 Å². The predicted octanol–water partition coefficient (Wildman–Crippen LogP) is 2.58. The van der Waals surface area contributed by atoms with Crippen LogP contribution in [0.3, 0.4) is 0 Å². The van der Waals surface area contributed by atoms with Gasteiger partial charge in [0, 0.05) is 5.56 Å². The maximum Gasteiger partial charge on any atom is 0.211 e. The van der Waals surface area contributed by atoms with E-state index in [1.54, 1.807) is 0 Å². The number of carbonyl (C=O) groups is 1. The highest BCUT2D eigenvalue weighted by molar-refractivity contribution is 6.53. The number of carbonyl (C=O) groups excluding carboxylic acids is 1. The summed E-state index contributed by atoms with van der Waals surface area (Å²) < 4.78 is 0. The molecule has 3 aromatic rings. The van der Waals surface area contributed by atoms with Crippen LogP contribution < -0.4 is 11.5 Å². The summed E-state index contributed by atoms with van der Waals surface area (Å²) in [5.74, 6) is -0.337. The Morgan fingerprint density at radius 2 is 1.26 bits per heavy atom. The van der Waals surface area contributed by atoms with E-state index in [9.17, 15) is 4.79 Å². The average Bonchev–Trinajstić information content (AvgIpc) is 2.96. The van der Waals surface area contributed by atoms with Crippen LogP contribution in [0, 0.1) is 0 Å². The van der Waals surface area contributed by atoms with Gasteiger partial charge in [0.15, 0.2) is 0 Å². The number of benzene rings is 3. The minimum Gasteiger partial charge on any atom is -0.369 e. The van der Waals surface area contributed by atoms with E-state index in [-0.39, 0.29) is 17.5 Å². The van der Waals surface area contributed by atoms with Gasteiger partial charge in [-0.05, 0) is 16.7 Å². The molecule has 0 fully saturated rings. The molecule has 0 amide bonds. The molecule has 0 aliphatic heterocycles. The molecule has 0 saturated carbocycles. The Balaban J connectivity index is 2.10. The van der Waals surface area contributed by atoms with Crippen LogP contribution in [0.15, 0.2) is 95.1 Å². The number of Topliss-reactive ketones (excluding diaryl/α,β-unsaturated/α-hetero) is 1. The molecule has 27 heavy (non-hydrogen) atoms. The van der Waals surface area contributed by atoms with Crippen molar-refractivity contribution in [2.75, 3.05) is 0 Å². The van der Waals surface area contributed by atoms with Crippen LogP contribution in [0.25, 0.3) is 0 Å². The Labute approximate surface area is 157 Å². The molecule has 0 spiro atoms. The fourth-order valence-corrected chi connectivity index (χ4v) is 3.76. The van der Waals surface area contributed by atoms with Gasteiger partial charge in [-0.25, -0.2) is 0 Å². The highest BCUT2D eigenvalue weighted by Gasteiger charge is 2.52. The number of hydrogen-bond acceptors (Lipinski definition) is 3. The minimum atomic E-state index is -0.989. The monoisotopic (exact) mass is 354 g/mol. The van der Waals surface area contributed by atoms with Crippen LogP contribution in [-0.2, 0) is 10.2 Å². The number of rotatable bonds is 3. The van der Waals surface area contributed by atoms with Gasteiger partial charge in [-0.3, -0.25) is 4.79 Å². The number of ketones is 1. The Morgan fingerprint density at radius 3 is 1.81 bits per heavy atom. The van der Waals surface area contributed by atoms with Crippen molar-refractivity contribution in [3.8, 4) is 0 Å². The molecule has 1 aliphatic carbocycles. The van der Waals surface area contributed by atoms with Crippen LogP contribution in [0.1, 0.15) is 22.3 Å². The summed E-state index contributed by atoms with van der Waals surface area (Å²) >= 11 is 0. The lowest BCUT2D eigenvalue weighted by Gasteiger charge is -2.29. The first-order valence-corrected chi connectivity index (χ1v) is 8.58. The van der Waals surface area contributed by atoms with E-state index in [0.29, 0.717) is 0 Å². The van der Waals surface area contributed by atoms with Gasteiger partial charge < -0.3 is 11.5 Å². The molecule has 3 aromatic carbocycles. The zero-order valence-electron chi connectivity index (χ0n) is 14.5. The summed E-state index contributed by atoms with van der Waals surface area (Å²) in [6.07, 6.45) is 0. The molecule has 132 valence electrons. The Morgan fingerprint density at radius 1 is 0.741 bits per heavy atom. The second kappa shape index (κ2) is 6.53. The number of nitrogens with two attached hydrogens (primary N) is 2. The van der Waals surface area contributed by atoms with E-state index < -0.39 is 5.41 Å². The average molecular weight is 354 g/mol. The van der Waals surface area contributed by atoms with E-state index in [1.165, 1.54) is 0 Å². The smallest absolute Gasteiger partial charge is 0.211 e. The van der Waals surface area contributed by atoms with Crippen molar-refractivity contribution in [3.05, 3.63) is 107 Å². The lowest BCUT2D eigenvalue weighted by Crippen LogP contribution is -2.37. The summed E-state index contributed by atoms with van der Waals surface area (Å²) in [6.45, 7) is 0. The molecule has 0 atom stereocenters. The summed E-state index contributed by atoms with van der Waals surface area (Å²) in [7, 11) is 0. The zero-order chi connectivity index (χ0) is 18.9. The van der Waals surface area contributed by atoms with Gasteiger partial charge in [0.05, 0.1) is 0 Å². The molecule has 0 saturated heterocycles. The first kappa shape index (κ1) is 16.7. The molecule has 0 aromatic heterocycles. The van der Waals surface area contributed by atoms with Crippen molar-refractivity contribution in [1.82, 2.24) is 0 Å². The van der Waals surface area contributed by atoms with Gasteiger partial charge in [0.1, 0.15) is 11.1 Å². The number of guanidine groups is 1. The van der Waals surface area contributed by atoms with Crippen molar-refractivity contribution < 1.29 is 4.79 Å². The fourth-order valence-electron chi connectivity index (χ4n) is 3.76. The molecule has 5 nitrogen and oxygen atoms in total. The molecule has 5 heteroatoms. The summed E-state index contributed by atoms with van der Waals surface area (Å²) in [5.41, 5.74) is 13.5. The highest BCUT2D eigenvalue weighted by atomic mass is 16.1. The van der Waals surface area contributed by atoms with Crippen molar-refractivity contribution in [3.63, 3.8) is 0 Å². The van der Waals surface area contributed by atoms with Crippen LogP contribution in [0.4, 0.5) is 0 Å². The lowest BCUT2D eigenvalue weighted by molar-refractivity contribution is -0.115. The van der Waals surface area contributed by atoms with Crippen LogP contribution in [0.5, 0.6) is 0 Å². The Bertz CT molecular complexity index is 1010. The van der Waals surface area contributed by atoms with E-state index in [4.69, 9.17) is 11.5 Å². The summed E-state index contributed by atoms with van der Waals surface area (Å²) in [5, 5.41) is 7.84. The Hall–Kier alpha value is -3.73.